The van der Waals surface area contributed by atoms with Crippen molar-refractivity contribution >= 4 is 50.7 Å². The van der Waals surface area contributed by atoms with E-state index in [-0.39, 0.29) is 23.9 Å². The van der Waals surface area contributed by atoms with Gasteiger partial charge >= 0.3 is 0 Å². The number of nitrogens with zero attached hydrogens (tertiary/aromatic N) is 2. The van der Waals surface area contributed by atoms with Gasteiger partial charge in [0.05, 0.1) is 11.9 Å². The van der Waals surface area contributed by atoms with E-state index in [4.69, 9.17) is 23.2 Å². The monoisotopic (exact) mass is 647 g/mol. The van der Waals surface area contributed by atoms with Crippen LogP contribution in [0.4, 0.5) is 5.69 Å². The highest BCUT2D eigenvalue weighted by molar-refractivity contribution is 7.92. The van der Waals surface area contributed by atoms with Gasteiger partial charge in [-0.2, -0.15) is 0 Å². The van der Waals surface area contributed by atoms with Crippen LogP contribution in [0.15, 0.2) is 42.5 Å². The van der Waals surface area contributed by atoms with E-state index in [1.165, 1.54) is 49.0 Å². The van der Waals surface area contributed by atoms with Gasteiger partial charge in [-0.05, 0) is 117 Å². The summed E-state index contributed by atoms with van der Waals surface area (Å²) in [5.41, 5.74) is 2.51. The van der Waals surface area contributed by atoms with Gasteiger partial charge in [0.15, 0.2) is 0 Å². The first-order chi connectivity index (χ1) is 20.3. The number of anilines is 1. The summed E-state index contributed by atoms with van der Waals surface area (Å²) in [6.07, 6.45) is 9.54. The molecule has 10 heteroatoms. The standard InChI is InChI=1S/C33H43Cl2N3O4S/c1-5-21(2)36-32(40)22(3)37(19-26-6-9-28(34)15-30(26)35)31(39)20-38(43(4,41)42)29-10-7-27(8-11-29)33-16-23-12-24(17-33)14-25(13-23)18-33/h6-11,15,21-25H,5,12-14,16-20H2,1-4H3,(H,36,40)/t21-,22+,23?,24?,25?,33?/m1/s1. The molecule has 7 nitrogen and oxygen atoms in total. The molecule has 43 heavy (non-hydrogen) atoms. The molecule has 2 amide bonds. The summed E-state index contributed by atoms with van der Waals surface area (Å²) in [6.45, 7) is 5.08. The van der Waals surface area contributed by atoms with E-state index < -0.39 is 28.5 Å². The fraction of sp³-hybridized carbons (Fsp3) is 0.576. The first kappa shape index (κ1) is 32.1. The molecule has 0 saturated heterocycles. The van der Waals surface area contributed by atoms with Crippen LogP contribution >= 0.6 is 23.2 Å². The molecule has 4 saturated carbocycles. The molecule has 0 aromatic heterocycles. The summed E-state index contributed by atoms with van der Waals surface area (Å²) in [5.74, 6) is 1.58. The van der Waals surface area contributed by atoms with E-state index >= 15 is 0 Å². The van der Waals surface area contributed by atoms with Crippen LogP contribution in [-0.2, 0) is 31.6 Å². The number of sulfonamides is 1. The zero-order valence-electron chi connectivity index (χ0n) is 25.5. The van der Waals surface area contributed by atoms with Crippen molar-refractivity contribution in [1.29, 1.82) is 0 Å². The van der Waals surface area contributed by atoms with Crippen molar-refractivity contribution in [1.82, 2.24) is 10.2 Å². The number of carbonyl (C=O) groups excluding carboxylic acids is 2. The average molecular weight is 649 g/mol. The largest absolute Gasteiger partial charge is 0.352 e. The minimum absolute atomic E-state index is 0.0203. The van der Waals surface area contributed by atoms with Gasteiger partial charge in [-0.15, -0.1) is 0 Å². The summed E-state index contributed by atoms with van der Waals surface area (Å²) in [4.78, 5) is 28.5. The van der Waals surface area contributed by atoms with E-state index in [9.17, 15) is 18.0 Å². The van der Waals surface area contributed by atoms with Crippen molar-refractivity contribution in [2.75, 3.05) is 17.1 Å². The molecule has 4 bridgehead atoms. The third kappa shape index (κ3) is 7.02. The van der Waals surface area contributed by atoms with Crippen LogP contribution in [0.2, 0.25) is 10.0 Å². The van der Waals surface area contributed by atoms with Gasteiger partial charge in [0.1, 0.15) is 12.6 Å². The fourth-order valence-electron chi connectivity index (χ4n) is 7.94. The van der Waals surface area contributed by atoms with E-state index in [0.717, 1.165) is 34.7 Å². The van der Waals surface area contributed by atoms with E-state index in [0.29, 0.717) is 21.3 Å². The highest BCUT2D eigenvalue weighted by Gasteiger charge is 2.51. The lowest BCUT2D eigenvalue weighted by atomic mass is 9.48. The molecule has 0 spiro atoms. The Balaban J connectivity index is 1.40. The molecule has 234 valence electrons. The Morgan fingerprint density at radius 1 is 0.977 bits per heavy atom. The minimum Gasteiger partial charge on any atom is -0.352 e. The normalized spacial score (nSPS) is 25.7. The number of hydrogen-bond acceptors (Lipinski definition) is 4. The number of halogens is 2. The van der Waals surface area contributed by atoms with Gasteiger partial charge in [-0.25, -0.2) is 8.42 Å². The lowest BCUT2D eigenvalue weighted by Crippen LogP contribution is -2.52. The highest BCUT2D eigenvalue weighted by atomic mass is 35.5. The summed E-state index contributed by atoms with van der Waals surface area (Å²) >= 11 is 12.5. The second-order valence-electron chi connectivity index (χ2n) is 13.3. The lowest BCUT2D eigenvalue weighted by molar-refractivity contribution is -0.139. The van der Waals surface area contributed by atoms with Crippen LogP contribution in [0, 0.1) is 17.8 Å². The van der Waals surface area contributed by atoms with Gasteiger partial charge in [0, 0.05) is 22.6 Å². The lowest BCUT2D eigenvalue weighted by Gasteiger charge is -2.57. The quantitative estimate of drug-likeness (QED) is 0.299. The molecular weight excluding hydrogens is 605 g/mol. The molecule has 1 N–H and O–H groups in total. The van der Waals surface area contributed by atoms with Crippen molar-refractivity contribution in [3.8, 4) is 0 Å². The number of nitrogens with one attached hydrogen (secondary N) is 1. The van der Waals surface area contributed by atoms with Gasteiger partial charge in [-0.1, -0.05) is 48.3 Å². The average Bonchev–Trinajstić information content (AvgIpc) is 2.93. The number of rotatable bonds is 11. The van der Waals surface area contributed by atoms with Crippen LogP contribution in [0.5, 0.6) is 0 Å². The molecule has 2 aromatic carbocycles. The van der Waals surface area contributed by atoms with E-state index in [1.54, 1.807) is 25.1 Å². The molecule has 0 radical (unpaired) electrons. The molecule has 4 aliphatic rings. The molecule has 0 unspecified atom stereocenters. The second-order valence-corrected chi connectivity index (χ2v) is 16.0. The summed E-state index contributed by atoms with van der Waals surface area (Å²) in [6, 6.07) is 11.8. The molecule has 0 heterocycles. The maximum atomic E-state index is 13.9. The van der Waals surface area contributed by atoms with Crippen molar-refractivity contribution in [2.24, 2.45) is 17.8 Å². The zero-order valence-corrected chi connectivity index (χ0v) is 27.8. The summed E-state index contributed by atoms with van der Waals surface area (Å²) in [7, 11) is -3.82. The maximum absolute atomic E-state index is 13.9. The molecule has 2 atom stereocenters. The van der Waals surface area contributed by atoms with Gasteiger partial charge in [0.2, 0.25) is 21.8 Å². The number of benzene rings is 2. The van der Waals surface area contributed by atoms with Crippen LogP contribution in [-0.4, -0.2) is 50.0 Å². The first-order valence-corrected chi connectivity index (χ1v) is 18.0. The Kier molecular flexibility index (Phi) is 9.41. The zero-order chi connectivity index (χ0) is 31.1. The number of carbonyl (C=O) groups is 2. The summed E-state index contributed by atoms with van der Waals surface area (Å²) in [5, 5.41) is 3.75. The van der Waals surface area contributed by atoms with E-state index in [2.05, 4.69) is 17.4 Å². The third-order valence-corrected chi connectivity index (χ3v) is 11.7. The molecule has 4 aliphatic carbocycles. The fourth-order valence-corrected chi connectivity index (χ4v) is 9.26. The van der Waals surface area contributed by atoms with Crippen molar-refractivity contribution in [3.63, 3.8) is 0 Å². The Morgan fingerprint density at radius 3 is 2.07 bits per heavy atom. The van der Waals surface area contributed by atoms with Crippen molar-refractivity contribution in [2.45, 2.75) is 89.8 Å². The first-order valence-electron chi connectivity index (χ1n) is 15.4. The third-order valence-electron chi connectivity index (χ3n) is 10.0. The molecular formula is C33H43Cl2N3O4S. The van der Waals surface area contributed by atoms with Crippen molar-refractivity contribution < 1.29 is 18.0 Å². The smallest absolute Gasteiger partial charge is 0.244 e. The SMILES string of the molecule is CC[C@@H](C)NC(=O)[C@H](C)N(Cc1ccc(Cl)cc1Cl)C(=O)CN(c1ccc(C23CC4CC(CC(C4)C2)C3)cc1)S(C)(=O)=O. The van der Waals surface area contributed by atoms with E-state index in [1.807, 2.05) is 26.0 Å². The topological polar surface area (TPSA) is 86.8 Å². The Hall–Kier alpha value is -2.29. The number of amides is 2. The Morgan fingerprint density at radius 2 is 1.56 bits per heavy atom. The predicted molar refractivity (Wildman–Crippen MR) is 173 cm³/mol. The van der Waals surface area contributed by atoms with Gasteiger partial charge in [-0.3, -0.25) is 13.9 Å². The van der Waals surface area contributed by atoms with Crippen LogP contribution in [0.3, 0.4) is 0 Å². The minimum atomic E-state index is -3.82. The van der Waals surface area contributed by atoms with Crippen LogP contribution in [0.25, 0.3) is 0 Å². The van der Waals surface area contributed by atoms with Crippen LogP contribution < -0.4 is 9.62 Å². The van der Waals surface area contributed by atoms with Gasteiger partial charge in [0.25, 0.3) is 0 Å². The molecule has 0 aliphatic heterocycles. The molecule has 4 fully saturated rings. The number of hydrogen-bond donors (Lipinski definition) is 1. The highest BCUT2D eigenvalue weighted by Crippen LogP contribution is 2.60. The maximum Gasteiger partial charge on any atom is 0.244 e. The second kappa shape index (κ2) is 12.6. The van der Waals surface area contributed by atoms with Crippen molar-refractivity contribution in [3.05, 3.63) is 63.6 Å². The van der Waals surface area contributed by atoms with Crippen LogP contribution in [0.1, 0.15) is 76.8 Å². The molecule has 6 rings (SSSR count). The van der Waals surface area contributed by atoms with Gasteiger partial charge < -0.3 is 10.2 Å². The molecule has 2 aromatic rings. The Labute approximate surface area is 266 Å². The Bertz CT molecular complexity index is 1430. The summed E-state index contributed by atoms with van der Waals surface area (Å²) < 4.78 is 27.3. The predicted octanol–water partition coefficient (Wildman–Crippen LogP) is 6.56.